The van der Waals surface area contributed by atoms with Crippen molar-refractivity contribution >= 4 is 11.9 Å². The van der Waals surface area contributed by atoms with Gasteiger partial charge >= 0.3 is 0 Å². The Morgan fingerprint density at radius 1 is 1.12 bits per heavy atom. The number of nitrogens with zero attached hydrogens (tertiary/aromatic N) is 5. The van der Waals surface area contributed by atoms with Crippen molar-refractivity contribution in [3.05, 3.63) is 17.5 Å². The fourth-order valence-corrected chi connectivity index (χ4v) is 4.05. The summed E-state index contributed by atoms with van der Waals surface area (Å²) in [6.07, 6.45) is 2.57. The Bertz CT molecular complexity index is 599. The van der Waals surface area contributed by atoms with Crippen molar-refractivity contribution in [2.75, 3.05) is 44.7 Å². The van der Waals surface area contributed by atoms with Gasteiger partial charge in [-0.3, -0.25) is 9.69 Å². The summed E-state index contributed by atoms with van der Waals surface area (Å²) in [6.45, 7) is 10.6. The van der Waals surface area contributed by atoms with E-state index in [1.54, 1.807) is 0 Å². The summed E-state index contributed by atoms with van der Waals surface area (Å²) in [5.74, 6) is 1.13. The summed E-state index contributed by atoms with van der Waals surface area (Å²) in [4.78, 5) is 28.3. The van der Waals surface area contributed by atoms with Gasteiger partial charge in [0, 0.05) is 56.1 Å². The highest BCUT2D eigenvalue weighted by atomic mass is 16.2. The zero-order chi connectivity index (χ0) is 17.3. The van der Waals surface area contributed by atoms with Gasteiger partial charge in [0.05, 0.1) is 0 Å². The van der Waals surface area contributed by atoms with E-state index in [1.165, 1.54) is 0 Å². The van der Waals surface area contributed by atoms with Crippen LogP contribution in [0.3, 0.4) is 0 Å². The molecule has 0 aliphatic carbocycles. The molecule has 1 spiro atoms. The van der Waals surface area contributed by atoms with Gasteiger partial charge in [0.15, 0.2) is 0 Å². The Labute approximate surface area is 144 Å². The second kappa shape index (κ2) is 6.67. The number of amides is 1. The molecule has 1 atom stereocenters. The van der Waals surface area contributed by atoms with Gasteiger partial charge in [-0.1, -0.05) is 0 Å². The summed E-state index contributed by atoms with van der Waals surface area (Å²) < 4.78 is 0. The van der Waals surface area contributed by atoms with E-state index in [0.29, 0.717) is 12.3 Å². The third kappa shape index (κ3) is 3.24. The van der Waals surface area contributed by atoms with Gasteiger partial charge in [-0.15, -0.1) is 0 Å². The van der Waals surface area contributed by atoms with Crippen LogP contribution in [0.4, 0.5) is 5.95 Å². The highest BCUT2D eigenvalue weighted by Gasteiger charge is 2.42. The van der Waals surface area contributed by atoms with E-state index in [2.05, 4.69) is 33.7 Å². The number of rotatable bonds is 2. The van der Waals surface area contributed by atoms with Crippen LogP contribution in [0, 0.1) is 13.8 Å². The van der Waals surface area contributed by atoms with E-state index in [-0.39, 0.29) is 5.54 Å². The van der Waals surface area contributed by atoms with Crippen molar-refractivity contribution in [2.45, 2.75) is 45.6 Å². The lowest BCUT2D eigenvalue weighted by molar-refractivity contribution is -0.130. The molecule has 0 N–H and O–H groups in total. The predicted molar refractivity (Wildman–Crippen MR) is 95.2 cm³/mol. The molecule has 2 aliphatic rings. The first kappa shape index (κ1) is 17.1. The Balaban J connectivity index is 1.84. The molecule has 1 aromatic heterocycles. The number of hydrogen-bond donors (Lipinski definition) is 0. The van der Waals surface area contributed by atoms with Crippen LogP contribution in [-0.4, -0.2) is 71.0 Å². The van der Waals surface area contributed by atoms with Crippen LogP contribution in [0.25, 0.3) is 0 Å². The van der Waals surface area contributed by atoms with Crippen molar-refractivity contribution in [2.24, 2.45) is 0 Å². The molecule has 132 valence electrons. The van der Waals surface area contributed by atoms with E-state index in [9.17, 15) is 4.79 Å². The highest BCUT2D eigenvalue weighted by molar-refractivity contribution is 5.76. The molecule has 6 nitrogen and oxygen atoms in total. The quantitative estimate of drug-likeness (QED) is 0.824. The maximum Gasteiger partial charge on any atom is 0.225 e. The molecular formula is C18H29N5O. The van der Waals surface area contributed by atoms with Gasteiger partial charge < -0.3 is 9.80 Å². The molecular weight excluding hydrogens is 302 g/mol. The zero-order valence-corrected chi connectivity index (χ0v) is 15.4. The van der Waals surface area contributed by atoms with Crippen molar-refractivity contribution in [1.29, 1.82) is 0 Å². The average Bonchev–Trinajstić information content (AvgIpc) is 2.69. The largest absolute Gasteiger partial charge is 0.343 e. The van der Waals surface area contributed by atoms with Gasteiger partial charge in [-0.25, -0.2) is 9.97 Å². The molecule has 1 aromatic rings. The SMILES string of the molecule is CCN1CC[C@@]2(CCC1=O)CN(c1nc(C)cc(C)n1)CCN2C. The summed E-state index contributed by atoms with van der Waals surface area (Å²) in [7, 11) is 2.20. The predicted octanol–water partition coefficient (Wildman–Crippen LogP) is 1.62. The van der Waals surface area contributed by atoms with Gasteiger partial charge in [0.25, 0.3) is 0 Å². The summed E-state index contributed by atoms with van der Waals surface area (Å²) in [5.41, 5.74) is 2.07. The van der Waals surface area contributed by atoms with E-state index in [0.717, 1.165) is 62.9 Å². The minimum Gasteiger partial charge on any atom is -0.343 e. The van der Waals surface area contributed by atoms with Crippen LogP contribution in [0.1, 0.15) is 37.6 Å². The molecule has 0 saturated carbocycles. The minimum absolute atomic E-state index is 0.0405. The first-order valence-corrected chi connectivity index (χ1v) is 9.00. The zero-order valence-electron chi connectivity index (χ0n) is 15.4. The summed E-state index contributed by atoms with van der Waals surface area (Å²) in [5, 5.41) is 0. The highest BCUT2D eigenvalue weighted by Crippen LogP contribution is 2.33. The number of hydrogen-bond acceptors (Lipinski definition) is 5. The Hall–Kier alpha value is -1.69. The van der Waals surface area contributed by atoms with Crippen LogP contribution >= 0.6 is 0 Å². The molecule has 6 heteroatoms. The number of aromatic nitrogens is 2. The molecule has 0 bridgehead atoms. The van der Waals surface area contributed by atoms with Gasteiger partial charge in [0.1, 0.15) is 0 Å². The average molecular weight is 331 g/mol. The lowest BCUT2D eigenvalue weighted by Gasteiger charge is -2.49. The molecule has 2 fully saturated rings. The fraction of sp³-hybridized carbons (Fsp3) is 0.722. The molecule has 0 radical (unpaired) electrons. The molecule has 3 heterocycles. The maximum atomic E-state index is 12.3. The number of carbonyl (C=O) groups excluding carboxylic acids is 1. The Morgan fingerprint density at radius 3 is 2.50 bits per heavy atom. The number of anilines is 1. The van der Waals surface area contributed by atoms with Gasteiger partial charge in [-0.05, 0) is 46.7 Å². The monoisotopic (exact) mass is 331 g/mol. The van der Waals surface area contributed by atoms with Crippen molar-refractivity contribution in [3.8, 4) is 0 Å². The summed E-state index contributed by atoms with van der Waals surface area (Å²) in [6, 6.07) is 2.01. The normalized spacial score (nSPS) is 26.1. The lowest BCUT2D eigenvalue weighted by atomic mass is 9.86. The smallest absolute Gasteiger partial charge is 0.225 e. The van der Waals surface area contributed by atoms with Crippen molar-refractivity contribution in [3.63, 3.8) is 0 Å². The standard InChI is InChI=1S/C18H29N5O/c1-5-22-9-8-18(7-6-16(22)24)13-23(11-10-21(18)4)17-19-14(2)12-15(3)20-17/h12H,5-11,13H2,1-4H3/t18-/m0/s1. The Morgan fingerprint density at radius 2 is 1.83 bits per heavy atom. The van der Waals surface area contributed by atoms with E-state index >= 15 is 0 Å². The molecule has 2 saturated heterocycles. The van der Waals surface area contributed by atoms with E-state index < -0.39 is 0 Å². The second-order valence-electron chi connectivity index (χ2n) is 7.24. The Kier molecular flexibility index (Phi) is 4.76. The third-order valence-corrected chi connectivity index (χ3v) is 5.64. The first-order valence-electron chi connectivity index (χ1n) is 9.00. The van der Waals surface area contributed by atoms with Crippen LogP contribution < -0.4 is 4.90 Å². The minimum atomic E-state index is 0.0405. The number of carbonyl (C=O) groups is 1. The lowest BCUT2D eigenvalue weighted by Crippen LogP contribution is -2.61. The van der Waals surface area contributed by atoms with Crippen LogP contribution in [0.15, 0.2) is 6.07 Å². The molecule has 0 unspecified atom stereocenters. The van der Waals surface area contributed by atoms with Gasteiger partial charge in [0.2, 0.25) is 11.9 Å². The van der Waals surface area contributed by atoms with Crippen LogP contribution in [-0.2, 0) is 4.79 Å². The number of likely N-dealkylation sites (N-methyl/N-ethyl adjacent to an activating group) is 1. The molecule has 2 aliphatic heterocycles. The number of likely N-dealkylation sites (tertiary alicyclic amines) is 1. The van der Waals surface area contributed by atoms with Crippen molar-refractivity contribution < 1.29 is 4.79 Å². The molecule has 3 rings (SSSR count). The topological polar surface area (TPSA) is 52.6 Å². The fourth-order valence-electron chi connectivity index (χ4n) is 4.05. The second-order valence-corrected chi connectivity index (χ2v) is 7.24. The molecule has 24 heavy (non-hydrogen) atoms. The van der Waals surface area contributed by atoms with Crippen molar-refractivity contribution in [1.82, 2.24) is 19.8 Å². The molecule has 0 aromatic carbocycles. The number of piperazine rings is 1. The molecule has 1 amide bonds. The van der Waals surface area contributed by atoms with Crippen LogP contribution in [0.2, 0.25) is 0 Å². The summed E-state index contributed by atoms with van der Waals surface area (Å²) >= 11 is 0. The maximum absolute atomic E-state index is 12.3. The first-order chi connectivity index (χ1) is 11.4. The number of aryl methyl sites for hydroxylation is 2. The van der Waals surface area contributed by atoms with Gasteiger partial charge in [-0.2, -0.15) is 0 Å². The van der Waals surface area contributed by atoms with Crippen LogP contribution in [0.5, 0.6) is 0 Å². The van der Waals surface area contributed by atoms with E-state index in [1.807, 2.05) is 24.8 Å². The third-order valence-electron chi connectivity index (χ3n) is 5.64. The van der Waals surface area contributed by atoms with E-state index in [4.69, 9.17) is 0 Å².